The summed E-state index contributed by atoms with van der Waals surface area (Å²) >= 11 is 3.69. The van der Waals surface area contributed by atoms with Crippen molar-refractivity contribution < 1.29 is 0 Å². The summed E-state index contributed by atoms with van der Waals surface area (Å²) in [4.78, 5) is 2.51. The maximum absolute atomic E-state index is 3.69. The van der Waals surface area contributed by atoms with Gasteiger partial charge in [0.25, 0.3) is 0 Å². The molecule has 0 bridgehead atoms. The second-order valence-corrected chi connectivity index (χ2v) is 5.85. The van der Waals surface area contributed by atoms with Gasteiger partial charge in [0.15, 0.2) is 0 Å². The number of rotatable bonds is 9. The van der Waals surface area contributed by atoms with E-state index in [0.29, 0.717) is 0 Å². The second-order valence-electron chi connectivity index (χ2n) is 5.00. The van der Waals surface area contributed by atoms with E-state index in [4.69, 9.17) is 0 Å². The lowest BCUT2D eigenvalue weighted by molar-refractivity contribution is 0.677. The number of hydrogen-bond donors (Lipinski definition) is 1. The highest BCUT2D eigenvalue weighted by molar-refractivity contribution is 9.10. The zero-order valence-corrected chi connectivity index (χ0v) is 14.1. The van der Waals surface area contributed by atoms with Crippen LogP contribution in [0.2, 0.25) is 0 Å². The molecule has 0 fully saturated rings. The van der Waals surface area contributed by atoms with E-state index in [9.17, 15) is 0 Å². The largest absolute Gasteiger partial charge is 0.372 e. The molecule has 0 aliphatic rings. The Balaban J connectivity index is 2.79. The molecule has 0 atom stereocenters. The zero-order chi connectivity index (χ0) is 14.1. The first kappa shape index (κ1) is 16.5. The first-order chi connectivity index (χ1) is 9.22. The SMILES string of the molecule is CCCCN(CCCC)c1ccc(CNC)c(Br)c1. The Morgan fingerprint density at radius 1 is 1.11 bits per heavy atom. The summed E-state index contributed by atoms with van der Waals surface area (Å²) in [5.74, 6) is 0. The average molecular weight is 327 g/mol. The van der Waals surface area contributed by atoms with E-state index in [1.165, 1.54) is 41.4 Å². The number of nitrogens with one attached hydrogen (secondary N) is 1. The molecule has 0 saturated carbocycles. The Bertz CT molecular complexity index is 358. The molecule has 0 aliphatic heterocycles. The highest BCUT2D eigenvalue weighted by atomic mass is 79.9. The first-order valence-electron chi connectivity index (χ1n) is 7.40. The predicted octanol–water partition coefficient (Wildman–Crippen LogP) is 4.58. The Hall–Kier alpha value is -0.540. The monoisotopic (exact) mass is 326 g/mol. The number of hydrogen-bond acceptors (Lipinski definition) is 2. The van der Waals surface area contributed by atoms with Crippen molar-refractivity contribution in [2.24, 2.45) is 0 Å². The summed E-state index contributed by atoms with van der Waals surface area (Å²) < 4.78 is 1.21. The third-order valence-corrected chi connectivity index (χ3v) is 4.07. The van der Waals surface area contributed by atoms with Crippen LogP contribution >= 0.6 is 15.9 Å². The van der Waals surface area contributed by atoms with E-state index in [-0.39, 0.29) is 0 Å². The number of benzene rings is 1. The zero-order valence-electron chi connectivity index (χ0n) is 12.5. The van der Waals surface area contributed by atoms with Gasteiger partial charge in [-0.1, -0.05) is 48.7 Å². The number of unbranched alkanes of at least 4 members (excludes halogenated alkanes) is 2. The number of nitrogens with zero attached hydrogens (tertiary/aromatic N) is 1. The molecule has 0 saturated heterocycles. The van der Waals surface area contributed by atoms with Gasteiger partial charge in [-0.2, -0.15) is 0 Å². The van der Waals surface area contributed by atoms with Crippen molar-refractivity contribution in [1.82, 2.24) is 5.32 Å². The molecule has 0 amide bonds. The minimum atomic E-state index is 0.908. The molecule has 108 valence electrons. The Morgan fingerprint density at radius 3 is 2.21 bits per heavy atom. The van der Waals surface area contributed by atoms with Crippen molar-refractivity contribution >= 4 is 21.6 Å². The minimum absolute atomic E-state index is 0.908. The smallest absolute Gasteiger partial charge is 0.0377 e. The summed E-state index contributed by atoms with van der Waals surface area (Å²) in [6.07, 6.45) is 5.03. The number of halogens is 1. The summed E-state index contributed by atoms with van der Waals surface area (Å²) in [7, 11) is 1.98. The molecular formula is C16H27BrN2. The molecule has 1 N–H and O–H groups in total. The van der Waals surface area contributed by atoms with E-state index >= 15 is 0 Å². The van der Waals surface area contributed by atoms with Crippen LogP contribution in [0.15, 0.2) is 22.7 Å². The molecule has 0 spiro atoms. The molecular weight excluding hydrogens is 300 g/mol. The van der Waals surface area contributed by atoms with Crippen molar-refractivity contribution in [3.63, 3.8) is 0 Å². The predicted molar refractivity (Wildman–Crippen MR) is 88.9 cm³/mol. The normalized spacial score (nSPS) is 10.7. The van der Waals surface area contributed by atoms with Crippen molar-refractivity contribution in [3.05, 3.63) is 28.2 Å². The van der Waals surface area contributed by atoms with Crippen LogP contribution in [0.5, 0.6) is 0 Å². The van der Waals surface area contributed by atoms with Gasteiger partial charge in [-0.3, -0.25) is 0 Å². The van der Waals surface area contributed by atoms with E-state index in [0.717, 1.165) is 19.6 Å². The van der Waals surface area contributed by atoms with Gasteiger partial charge >= 0.3 is 0 Å². The molecule has 0 heterocycles. The van der Waals surface area contributed by atoms with Crippen LogP contribution in [-0.4, -0.2) is 20.1 Å². The van der Waals surface area contributed by atoms with Crippen LogP contribution in [0.3, 0.4) is 0 Å². The summed E-state index contributed by atoms with van der Waals surface area (Å²) in [6, 6.07) is 6.74. The van der Waals surface area contributed by atoms with Crippen LogP contribution in [0.25, 0.3) is 0 Å². The van der Waals surface area contributed by atoms with Gasteiger partial charge in [0, 0.05) is 29.8 Å². The average Bonchev–Trinajstić information content (AvgIpc) is 2.41. The molecule has 2 nitrogen and oxygen atoms in total. The standard InChI is InChI=1S/C16H27BrN2/c1-4-6-10-19(11-7-5-2)15-9-8-14(13-18-3)16(17)12-15/h8-9,12,18H,4-7,10-11,13H2,1-3H3. The molecule has 1 aromatic carbocycles. The van der Waals surface area contributed by atoms with E-state index in [2.05, 4.69) is 58.2 Å². The number of anilines is 1. The third-order valence-electron chi connectivity index (χ3n) is 3.33. The Kier molecular flexibility index (Phi) is 8.15. The third kappa shape index (κ3) is 5.53. The van der Waals surface area contributed by atoms with Gasteiger partial charge in [0.2, 0.25) is 0 Å². The topological polar surface area (TPSA) is 15.3 Å². The summed E-state index contributed by atoms with van der Waals surface area (Å²) in [6.45, 7) is 7.74. The van der Waals surface area contributed by atoms with E-state index in [1.54, 1.807) is 0 Å². The quantitative estimate of drug-likeness (QED) is 0.714. The van der Waals surface area contributed by atoms with Crippen LogP contribution in [0, 0.1) is 0 Å². The highest BCUT2D eigenvalue weighted by Gasteiger charge is 2.08. The molecule has 0 unspecified atom stereocenters. The van der Waals surface area contributed by atoms with Gasteiger partial charge in [0.05, 0.1) is 0 Å². The van der Waals surface area contributed by atoms with Crippen molar-refractivity contribution in [2.45, 2.75) is 46.1 Å². The summed E-state index contributed by atoms with van der Waals surface area (Å²) in [5, 5.41) is 3.20. The maximum Gasteiger partial charge on any atom is 0.0377 e. The molecule has 3 heteroatoms. The first-order valence-corrected chi connectivity index (χ1v) is 8.20. The fourth-order valence-electron chi connectivity index (χ4n) is 2.13. The molecule has 1 rings (SSSR count). The van der Waals surface area contributed by atoms with Crippen molar-refractivity contribution in [3.8, 4) is 0 Å². The molecule has 19 heavy (non-hydrogen) atoms. The molecule has 0 aromatic heterocycles. The van der Waals surface area contributed by atoms with Gasteiger partial charge in [-0.25, -0.2) is 0 Å². The minimum Gasteiger partial charge on any atom is -0.372 e. The lowest BCUT2D eigenvalue weighted by Gasteiger charge is -2.25. The second kappa shape index (κ2) is 9.38. The van der Waals surface area contributed by atoms with Crippen molar-refractivity contribution in [2.75, 3.05) is 25.0 Å². The highest BCUT2D eigenvalue weighted by Crippen LogP contribution is 2.25. The van der Waals surface area contributed by atoms with Crippen LogP contribution < -0.4 is 10.2 Å². The summed E-state index contributed by atoms with van der Waals surface area (Å²) in [5.41, 5.74) is 2.66. The lowest BCUT2D eigenvalue weighted by Crippen LogP contribution is -2.25. The van der Waals surface area contributed by atoms with Crippen LogP contribution in [-0.2, 0) is 6.54 Å². The Morgan fingerprint density at radius 2 is 1.74 bits per heavy atom. The van der Waals surface area contributed by atoms with Gasteiger partial charge in [-0.05, 0) is 37.6 Å². The fraction of sp³-hybridized carbons (Fsp3) is 0.625. The van der Waals surface area contributed by atoms with Gasteiger partial charge in [-0.15, -0.1) is 0 Å². The molecule has 0 aliphatic carbocycles. The lowest BCUT2D eigenvalue weighted by atomic mass is 10.1. The molecule has 0 radical (unpaired) electrons. The van der Waals surface area contributed by atoms with Gasteiger partial charge in [0.1, 0.15) is 0 Å². The van der Waals surface area contributed by atoms with E-state index in [1.807, 2.05) is 7.05 Å². The van der Waals surface area contributed by atoms with Crippen LogP contribution in [0.1, 0.15) is 45.1 Å². The molecule has 1 aromatic rings. The maximum atomic E-state index is 3.69. The van der Waals surface area contributed by atoms with Crippen molar-refractivity contribution in [1.29, 1.82) is 0 Å². The fourth-order valence-corrected chi connectivity index (χ4v) is 2.64. The Labute approximate surface area is 126 Å². The van der Waals surface area contributed by atoms with E-state index < -0.39 is 0 Å². The van der Waals surface area contributed by atoms with Gasteiger partial charge < -0.3 is 10.2 Å². The van der Waals surface area contributed by atoms with Crippen LogP contribution in [0.4, 0.5) is 5.69 Å².